The molecule has 1 aromatic carbocycles. The van der Waals surface area contributed by atoms with Crippen LogP contribution in [0.4, 0.5) is 5.69 Å². The Hall–Kier alpha value is -1.62. The van der Waals surface area contributed by atoms with Crippen LogP contribution in [0.3, 0.4) is 0 Å². The molecule has 0 saturated heterocycles. The predicted molar refractivity (Wildman–Crippen MR) is 49.8 cm³/mol. The van der Waals surface area contributed by atoms with Gasteiger partial charge in [0.05, 0.1) is 10.5 Å². The summed E-state index contributed by atoms with van der Waals surface area (Å²) in [5.41, 5.74) is -0.716. The Balaban J connectivity index is 3.47. The van der Waals surface area contributed by atoms with Crippen LogP contribution in [0.2, 0.25) is 5.02 Å². The van der Waals surface area contributed by atoms with Crippen molar-refractivity contribution in [2.45, 2.75) is 6.92 Å². The van der Waals surface area contributed by atoms with Crippen LogP contribution < -0.4 is 0 Å². The fourth-order valence-corrected chi connectivity index (χ4v) is 1.20. The second kappa shape index (κ2) is 3.63. The lowest BCUT2D eigenvalue weighted by Gasteiger charge is -2.01. The van der Waals surface area contributed by atoms with Crippen molar-refractivity contribution in [3.63, 3.8) is 0 Å². The Bertz CT molecular complexity index is 381. The lowest BCUT2D eigenvalue weighted by atomic mass is 10.1. The van der Waals surface area contributed by atoms with Crippen LogP contribution in [0, 0.1) is 10.1 Å². The second-order valence-corrected chi connectivity index (χ2v) is 3.07. The summed E-state index contributed by atoms with van der Waals surface area (Å²) in [6, 6.07) is 2.18. The maximum absolute atomic E-state index is 11.0. The summed E-state index contributed by atoms with van der Waals surface area (Å²) in [5.74, 6) is -1.12. The summed E-state index contributed by atoms with van der Waals surface area (Å²) >= 11 is 5.54. The van der Waals surface area contributed by atoms with E-state index in [0.717, 1.165) is 6.07 Å². The van der Waals surface area contributed by atoms with E-state index in [-0.39, 0.29) is 10.6 Å². The minimum Gasteiger partial charge on any atom is -0.502 e. The first-order valence-corrected chi connectivity index (χ1v) is 3.99. The molecule has 1 aromatic rings. The molecule has 0 saturated carbocycles. The molecule has 1 N–H and O–H groups in total. The molecule has 14 heavy (non-hydrogen) atoms. The zero-order chi connectivity index (χ0) is 10.9. The first-order chi connectivity index (χ1) is 6.43. The summed E-state index contributed by atoms with van der Waals surface area (Å²) in [7, 11) is 0. The van der Waals surface area contributed by atoms with Crippen LogP contribution in [0.15, 0.2) is 12.1 Å². The molecule has 0 aliphatic carbocycles. The van der Waals surface area contributed by atoms with Crippen molar-refractivity contribution in [3.05, 3.63) is 32.8 Å². The molecule has 0 unspecified atom stereocenters. The summed E-state index contributed by atoms with van der Waals surface area (Å²) < 4.78 is 0. The molecule has 0 bridgehead atoms. The third kappa shape index (κ3) is 1.82. The number of phenolic OH excluding ortho intramolecular Hbond substituents is 1. The highest BCUT2D eigenvalue weighted by atomic mass is 35.5. The SMILES string of the molecule is CC(=O)c1cc(Cl)cc([N+](=O)[O-])c1O. The topological polar surface area (TPSA) is 80.4 Å². The largest absolute Gasteiger partial charge is 0.502 e. The van der Waals surface area contributed by atoms with E-state index in [2.05, 4.69) is 0 Å². The minimum atomic E-state index is -0.798. The quantitative estimate of drug-likeness (QED) is 0.466. The molecule has 74 valence electrons. The van der Waals surface area contributed by atoms with E-state index in [4.69, 9.17) is 11.6 Å². The van der Waals surface area contributed by atoms with Gasteiger partial charge in [-0.2, -0.15) is 0 Å². The molecule has 0 aliphatic heterocycles. The number of benzene rings is 1. The van der Waals surface area contributed by atoms with Gasteiger partial charge in [0.15, 0.2) is 5.78 Å². The second-order valence-electron chi connectivity index (χ2n) is 2.63. The average Bonchev–Trinajstić information content (AvgIpc) is 2.07. The van der Waals surface area contributed by atoms with Gasteiger partial charge in [0, 0.05) is 11.1 Å². The monoisotopic (exact) mass is 215 g/mol. The number of nitrogens with zero attached hydrogens (tertiary/aromatic N) is 1. The molecule has 0 aromatic heterocycles. The molecule has 0 heterocycles. The maximum Gasteiger partial charge on any atom is 0.312 e. The fraction of sp³-hybridized carbons (Fsp3) is 0.125. The van der Waals surface area contributed by atoms with Crippen molar-refractivity contribution in [2.75, 3.05) is 0 Å². The Morgan fingerprint density at radius 3 is 2.57 bits per heavy atom. The smallest absolute Gasteiger partial charge is 0.312 e. The highest BCUT2D eigenvalue weighted by Gasteiger charge is 2.20. The third-order valence-electron chi connectivity index (χ3n) is 1.63. The van der Waals surface area contributed by atoms with Gasteiger partial charge in [-0.25, -0.2) is 0 Å². The van der Waals surface area contributed by atoms with E-state index in [0.29, 0.717) is 0 Å². The Labute approximate surface area is 84.1 Å². The molecule has 1 rings (SSSR count). The Morgan fingerprint density at radius 2 is 2.14 bits per heavy atom. The van der Waals surface area contributed by atoms with E-state index < -0.39 is 22.1 Å². The number of ketones is 1. The van der Waals surface area contributed by atoms with E-state index in [1.807, 2.05) is 0 Å². The molecule has 0 amide bonds. The van der Waals surface area contributed by atoms with Crippen LogP contribution in [0.1, 0.15) is 17.3 Å². The lowest BCUT2D eigenvalue weighted by molar-refractivity contribution is -0.385. The number of Topliss-reactive ketones (excluding diaryl/α,β-unsaturated/α-hetero) is 1. The number of halogens is 1. The van der Waals surface area contributed by atoms with Gasteiger partial charge in [0.2, 0.25) is 5.75 Å². The molecule has 0 spiro atoms. The zero-order valence-electron chi connectivity index (χ0n) is 7.15. The van der Waals surface area contributed by atoms with Crippen molar-refractivity contribution < 1.29 is 14.8 Å². The van der Waals surface area contributed by atoms with E-state index in [1.165, 1.54) is 13.0 Å². The van der Waals surface area contributed by atoms with Gasteiger partial charge in [-0.15, -0.1) is 0 Å². The van der Waals surface area contributed by atoms with Gasteiger partial charge in [-0.05, 0) is 13.0 Å². The van der Waals surface area contributed by atoms with Crippen LogP contribution in [-0.4, -0.2) is 15.8 Å². The van der Waals surface area contributed by atoms with Crippen molar-refractivity contribution in [1.29, 1.82) is 0 Å². The fourth-order valence-electron chi connectivity index (χ4n) is 0.992. The first kappa shape index (κ1) is 10.5. The average molecular weight is 216 g/mol. The molecule has 0 atom stereocenters. The summed E-state index contributed by atoms with van der Waals surface area (Å²) in [6.07, 6.45) is 0. The van der Waals surface area contributed by atoms with Crippen LogP contribution >= 0.6 is 11.6 Å². The van der Waals surface area contributed by atoms with Crippen LogP contribution in [0.5, 0.6) is 5.75 Å². The highest BCUT2D eigenvalue weighted by molar-refractivity contribution is 6.31. The van der Waals surface area contributed by atoms with Gasteiger partial charge < -0.3 is 5.11 Å². The van der Waals surface area contributed by atoms with E-state index in [1.54, 1.807) is 0 Å². The number of phenols is 1. The number of nitro groups is 1. The van der Waals surface area contributed by atoms with Crippen molar-refractivity contribution in [2.24, 2.45) is 0 Å². The van der Waals surface area contributed by atoms with Gasteiger partial charge in [0.1, 0.15) is 0 Å². The first-order valence-electron chi connectivity index (χ1n) is 3.61. The number of rotatable bonds is 2. The van der Waals surface area contributed by atoms with Crippen molar-refractivity contribution in [1.82, 2.24) is 0 Å². The van der Waals surface area contributed by atoms with E-state index >= 15 is 0 Å². The number of carbonyl (C=O) groups is 1. The molecular weight excluding hydrogens is 210 g/mol. The highest BCUT2D eigenvalue weighted by Crippen LogP contribution is 2.33. The number of carbonyl (C=O) groups excluding carboxylic acids is 1. The molecule has 5 nitrogen and oxygen atoms in total. The third-order valence-corrected chi connectivity index (χ3v) is 1.85. The Kier molecular flexibility index (Phi) is 2.71. The van der Waals surface area contributed by atoms with Gasteiger partial charge in [0.25, 0.3) is 0 Å². The maximum atomic E-state index is 11.0. The molecule has 0 radical (unpaired) electrons. The molecule has 0 aliphatic rings. The minimum absolute atomic E-state index is 0.0414. The van der Waals surface area contributed by atoms with Crippen LogP contribution in [-0.2, 0) is 0 Å². The van der Waals surface area contributed by atoms with Crippen molar-refractivity contribution >= 4 is 23.1 Å². The van der Waals surface area contributed by atoms with Crippen molar-refractivity contribution in [3.8, 4) is 5.75 Å². The molecule has 6 heteroatoms. The number of nitro benzene ring substituents is 1. The predicted octanol–water partition coefficient (Wildman–Crippen LogP) is 2.16. The molecule has 0 fully saturated rings. The number of aromatic hydroxyl groups is 1. The number of hydrogen-bond donors (Lipinski definition) is 1. The number of hydrogen-bond acceptors (Lipinski definition) is 4. The normalized spacial score (nSPS) is 9.86. The van der Waals surface area contributed by atoms with E-state index in [9.17, 15) is 20.0 Å². The van der Waals surface area contributed by atoms with Gasteiger partial charge >= 0.3 is 5.69 Å². The molecular formula is C8H6ClNO4. The summed E-state index contributed by atoms with van der Waals surface area (Å²) in [4.78, 5) is 20.6. The van der Waals surface area contributed by atoms with Crippen LogP contribution in [0.25, 0.3) is 0 Å². The zero-order valence-corrected chi connectivity index (χ0v) is 7.91. The summed E-state index contributed by atoms with van der Waals surface area (Å²) in [6.45, 7) is 1.19. The Morgan fingerprint density at radius 1 is 1.57 bits per heavy atom. The standard InChI is InChI=1S/C8H6ClNO4/c1-4(11)6-2-5(9)3-7(8(6)12)10(13)14/h2-3,12H,1H3. The van der Waals surface area contributed by atoms with Gasteiger partial charge in [-0.1, -0.05) is 11.6 Å². The van der Waals surface area contributed by atoms with Gasteiger partial charge in [-0.3, -0.25) is 14.9 Å². The lowest BCUT2D eigenvalue weighted by Crippen LogP contribution is -1.97. The summed E-state index contributed by atoms with van der Waals surface area (Å²) in [5, 5.41) is 19.8.